The fourth-order valence-corrected chi connectivity index (χ4v) is 17.4. The maximum absolute atomic E-state index is 15.7. The predicted molar refractivity (Wildman–Crippen MR) is 483 cm³/mol. The van der Waals surface area contributed by atoms with E-state index in [9.17, 15) is 68.1 Å². The number of thioether (sulfide) groups is 1. The number of phenols is 1. The third kappa shape index (κ3) is 27.5. The molecule has 3 aromatic heterocycles. The number of carbonyl (C=O) groups is 18. The Morgan fingerprint density at radius 2 is 1.14 bits per heavy atom. The number of nitrogens with zero attached hydrogens (tertiary/aromatic N) is 6. The highest BCUT2D eigenvalue weighted by Gasteiger charge is 2.47. The molecule has 0 unspecified atom stereocenters. The number of unbranched alkanes of at least 4 members (excludes halogenated alkanes) is 2. The van der Waals surface area contributed by atoms with Crippen LogP contribution in [0.5, 0.6) is 5.75 Å². The fourth-order valence-electron chi connectivity index (χ4n) is 16.0. The molecule has 6 aromatic rings. The van der Waals surface area contributed by atoms with E-state index in [4.69, 9.17) is 17.2 Å². The molecular weight excluding hydrogens is 1800 g/mol. The summed E-state index contributed by atoms with van der Waals surface area (Å²) in [5.74, 6) is -18.7. The number of H-pyrrole nitrogens is 3. The molecule has 43 nitrogen and oxygen atoms in total. The first-order chi connectivity index (χ1) is 62.8. The number of hydrogen-bond acceptors (Lipinski definition) is 23. The van der Waals surface area contributed by atoms with E-state index in [0.717, 1.165) is 36.3 Å². The standard InChI is InChI=1S/C87H117BrN22O21S/c1-8-10-20-65-80(124)97-45(3)74(118)105-64(76(120)95-39-71(91)116)42-132-43-72(117)98-60(30-47-23-25-51(112)26-24-47)83(127)106(5)46(4)75(119)102-62(35-70(90)115)86(130)109-29-15-22-66(109)81(125)101-59(33-50-38-92-44-96-50)78(122)99-57(27-28-69(89)114)85(129)110-40-52(113)34-68(110)82(126)100-58(31-48-36-93-56-19-13-12-16-53(48)56)77(121)104-63(41-111)79(123)103-61(32-49-37-94-73-54(49)17-14-18-55(73)88)84(128)108(7)67(21-11-9-2)87(131)107(65)6/h12-14,16-19,23-26,36-38,44-46,52,57-68,93-94,111-113H,8-11,15,20-22,27-35,39-43H2,1-7H3,(H2,89,114)(H2,90,115)(H2,91,116)(H,92,96)(H,95,120)(H,97,124)(H,98,117)(H,99,122)(H,100,126)(H,101,125)(H,102,119)(H,103,123)(H,104,121)(H,105,118)/t45-,46-,52+,57-,58-,59-,60-,61-,62+,63-,64-,65-,66-,67-,68-/m0/s1. The fraction of sp³-hybridized carbons (Fsp3) is 0.506. The molecule has 0 radical (unpaired) electrons. The highest BCUT2D eigenvalue weighted by Crippen LogP contribution is 2.30. The SMILES string of the molecule is CCCC[C@H]1C(=O)N(C)[C@@H](CCCC)C(=O)N[C@@H](C)C(=O)N[C@H](C(=O)NCC(N)=O)CSCC(=O)N[C@@H](Cc2ccc(O)cc2)C(=O)N(C)[C@@H](C)C(=O)N[C@H](CC(N)=O)C(=O)N2CCC[C@H]2C(=O)N[C@@H](Cc2cnc[nH]2)C(=O)N[C@@H](CCC(N)=O)C(=O)N2C[C@H](O)C[C@H]2C(=O)N[C@@H](Cc2c[nH]c3ccccc23)C(=O)N[C@@H](CO)C(=O)N[C@@H](Cc2c[nH]c3c(Br)cccc23)C(=O)N1C. The molecule has 22 N–H and O–H groups in total. The van der Waals surface area contributed by atoms with E-state index in [0.29, 0.717) is 68.7 Å². The number of aliphatic hydroxyl groups is 2. The lowest BCUT2D eigenvalue weighted by Gasteiger charge is -2.36. The van der Waals surface area contributed by atoms with E-state index in [1.54, 1.807) is 54.9 Å². The molecule has 0 saturated carbocycles. The van der Waals surface area contributed by atoms with Gasteiger partial charge in [-0.3, -0.25) is 86.3 Å². The molecule has 3 saturated heterocycles. The number of fused-ring (bicyclic) bond motifs is 4. The molecule has 0 bridgehead atoms. The first-order valence-electron chi connectivity index (χ1n) is 43.5. The van der Waals surface area contributed by atoms with E-state index < -0.39 is 254 Å². The van der Waals surface area contributed by atoms with Crippen LogP contribution in [0.2, 0.25) is 0 Å². The van der Waals surface area contributed by atoms with E-state index in [-0.39, 0.29) is 69.4 Å². The van der Waals surface area contributed by atoms with Crippen molar-refractivity contribution in [1.82, 2.24) is 97.6 Å². The van der Waals surface area contributed by atoms with Gasteiger partial charge in [0.25, 0.3) is 0 Å². The van der Waals surface area contributed by atoms with Crippen LogP contribution in [-0.4, -0.2) is 316 Å². The lowest BCUT2D eigenvalue weighted by atomic mass is 10.00. The van der Waals surface area contributed by atoms with Gasteiger partial charge in [0.15, 0.2) is 0 Å². The van der Waals surface area contributed by atoms with Crippen molar-refractivity contribution in [2.24, 2.45) is 17.2 Å². The number of aromatic hydroxyl groups is 1. The number of aromatic nitrogens is 4. The molecule has 132 heavy (non-hydrogen) atoms. The quantitative estimate of drug-likeness (QED) is 0.0301. The van der Waals surface area contributed by atoms with Crippen LogP contribution in [0, 0.1) is 0 Å². The van der Waals surface area contributed by atoms with Gasteiger partial charge in [0.1, 0.15) is 90.3 Å². The Hall–Kier alpha value is -13.0. The van der Waals surface area contributed by atoms with Crippen molar-refractivity contribution in [3.05, 3.63) is 119 Å². The summed E-state index contributed by atoms with van der Waals surface area (Å²) >= 11 is 4.32. The normalized spacial score (nSPS) is 25.0. The van der Waals surface area contributed by atoms with E-state index >= 15 is 33.6 Å². The van der Waals surface area contributed by atoms with Crippen LogP contribution in [0.1, 0.15) is 127 Å². The first-order valence-corrected chi connectivity index (χ1v) is 45.4. The number of para-hydroxylation sites is 2. The molecule has 714 valence electrons. The maximum atomic E-state index is 15.7. The minimum absolute atomic E-state index is 0.00430. The zero-order valence-corrected chi connectivity index (χ0v) is 76.7. The van der Waals surface area contributed by atoms with Crippen molar-refractivity contribution < 1.29 is 102 Å². The summed E-state index contributed by atoms with van der Waals surface area (Å²) in [5.41, 5.74) is 19.5. The van der Waals surface area contributed by atoms with E-state index in [2.05, 4.69) is 89.0 Å². The number of nitrogens with one attached hydrogen (secondary N) is 13. The summed E-state index contributed by atoms with van der Waals surface area (Å²) in [5, 5.41) is 59.8. The predicted octanol–water partition coefficient (Wildman–Crippen LogP) is -3.19. The largest absolute Gasteiger partial charge is 0.508 e. The molecule has 15 atom stereocenters. The third-order valence-corrected chi connectivity index (χ3v) is 25.2. The van der Waals surface area contributed by atoms with E-state index in [1.807, 2.05) is 13.8 Å². The average Bonchev–Trinajstić information content (AvgIpc) is 1.62. The van der Waals surface area contributed by atoms with Crippen LogP contribution < -0.4 is 70.4 Å². The van der Waals surface area contributed by atoms with Crippen molar-refractivity contribution in [2.45, 2.75) is 221 Å². The molecule has 45 heteroatoms. The van der Waals surface area contributed by atoms with Crippen LogP contribution >= 0.6 is 27.7 Å². The first kappa shape index (κ1) is 103. The summed E-state index contributed by atoms with van der Waals surface area (Å²) < 4.78 is 0.633. The smallest absolute Gasteiger partial charge is 0.246 e. The van der Waals surface area contributed by atoms with Gasteiger partial charge in [-0.05, 0) is 103 Å². The van der Waals surface area contributed by atoms with Gasteiger partial charge in [-0.15, -0.1) is 11.8 Å². The van der Waals surface area contributed by atoms with Gasteiger partial charge >= 0.3 is 0 Å². The molecule has 0 aliphatic carbocycles. The lowest BCUT2D eigenvalue weighted by molar-refractivity contribution is -0.149. The third-order valence-electron chi connectivity index (χ3n) is 23.5. The van der Waals surface area contributed by atoms with E-state index in [1.165, 1.54) is 71.8 Å². The van der Waals surface area contributed by atoms with Crippen molar-refractivity contribution in [2.75, 3.05) is 58.9 Å². The van der Waals surface area contributed by atoms with Gasteiger partial charge in [0, 0.05) is 124 Å². The minimum Gasteiger partial charge on any atom is -0.508 e. The van der Waals surface area contributed by atoms with Gasteiger partial charge in [0.2, 0.25) is 106 Å². The van der Waals surface area contributed by atoms with Gasteiger partial charge in [0.05, 0.1) is 43.3 Å². The Kier molecular flexibility index (Phi) is 37.5. The number of rotatable bonds is 23. The molecule has 9 rings (SSSR count). The summed E-state index contributed by atoms with van der Waals surface area (Å²) in [6, 6.07) is -4.68. The Morgan fingerprint density at radius 3 is 1.80 bits per heavy atom. The number of aliphatic hydroxyl groups excluding tert-OH is 2. The summed E-state index contributed by atoms with van der Waals surface area (Å²) in [6.07, 6.45) is 2.36. The highest BCUT2D eigenvalue weighted by atomic mass is 79.9. The Bertz CT molecular complexity index is 5190. The van der Waals surface area contributed by atoms with Crippen LogP contribution in [0.25, 0.3) is 21.8 Å². The van der Waals surface area contributed by atoms with Gasteiger partial charge in [-0.25, -0.2) is 4.98 Å². The van der Waals surface area contributed by atoms with Crippen LogP contribution in [-0.2, 0) is 112 Å². The maximum Gasteiger partial charge on any atom is 0.246 e. The Morgan fingerprint density at radius 1 is 0.553 bits per heavy atom. The second kappa shape index (κ2) is 48.2. The number of nitrogens with two attached hydrogens (primary N) is 3. The number of carbonyl (C=O) groups excluding carboxylic acids is 18. The van der Waals surface area contributed by atoms with Crippen LogP contribution in [0.4, 0.5) is 0 Å². The molecular formula is C87H117BrN22O21S. The van der Waals surface area contributed by atoms with Gasteiger partial charge in [-0.2, -0.15) is 0 Å². The number of aromatic amines is 3. The van der Waals surface area contributed by atoms with Crippen molar-refractivity contribution in [3.8, 4) is 5.75 Å². The second-order valence-electron chi connectivity index (χ2n) is 33.2. The van der Waals surface area contributed by atoms with Crippen LogP contribution in [0.15, 0.2) is 96.1 Å². The van der Waals surface area contributed by atoms with Gasteiger partial charge < -0.3 is 125 Å². The molecule has 6 heterocycles. The summed E-state index contributed by atoms with van der Waals surface area (Å²) in [4.78, 5) is 279. The number of hydrogen-bond donors (Lipinski definition) is 19. The highest BCUT2D eigenvalue weighted by molar-refractivity contribution is 9.10. The molecule has 3 fully saturated rings. The number of phenolic OH excluding ortho intramolecular Hbond substituents is 1. The number of benzene rings is 3. The molecule has 3 aromatic carbocycles. The number of imidazole rings is 1. The molecule has 0 spiro atoms. The summed E-state index contributed by atoms with van der Waals surface area (Å²) in [6.45, 7) is 3.65. The second-order valence-corrected chi connectivity index (χ2v) is 35.0. The van der Waals surface area contributed by atoms with Crippen molar-refractivity contribution in [3.63, 3.8) is 0 Å². The Balaban J connectivity index is 1.09. The van der Waals surface area contributed by atoms with Gasteiger partial charge in [-0.1, -0.05) is 82.0 Å². The Labute approximate surface area is 772 Å². The number of primary amides is 3. The number of likely N-dealkylation sites (N-methyl/N-ethyl adjacent to an activating group) is 3. The lowest BCUT2D eigenvalue weighted by Crippen LogP contribution is -2.61. The minimum atomic E-state index is -1.92. The summed E-state index contributed by atoms with van der Waals surface area (Å²) in [7, 11) is 3.88. The zero-order valence-electron chi connectivity index (χ0n) is 74.3. The van der Waals surface area contributed by atoms with Crippen molar-refractivity contribution in [1.29, 1.82) is 0 Å². The average molecular weight is 1920 g/mol. The monoisotopic (exact) mass is 1920 g/mol. The zero-order chi connectivity index (χ0) is 96.5. The van der Waals surface area contributed by atoms with Crippen LogP contribution in [0.3, 0.4) is 0 Å². The molecule has 3 aliphatic rings. The number of halogens is 1. The number of amides is 18. The molecule has 18 amide bonds. The van der Waals surface area contributed by atoms with Crippen molar-refractivity contribution >= 4 is 156 Å². The topological polar surface area (TPSA) is 643 Å². The molecule has 3 aliphatic heterocycles.